The van der Waals surface area contributed by atoms with Crippen LogP contribution in [0.15, 0.2) is 48.5 Å². The Morgan fingerprint density at radius 1 is 0.895 bits per heavy atom. The first-order valence-electron chi connectivity index (χ1n) is 5.92. The fourth-order valence-electron chi connectivity index (χ4n) is 1.75. The van der Waals surface area contributed by atoms with Gasteiger partial charge in [0.1, 0.15) is 23.5 Å². The Kier molecular flexibility index (Phi) is 4.74. The van der Waals surface area contributed by atoms with Crippen molar-refractivity contribution in [2.45, 2.75) is 12.5 Å². The fraction of sp³-hybridized carbons (Fsp3) is 0.200. The molecule has 0 unspecified atom stereocenters. The molecule has 19 heavy (non-hydrogen) atoms. The highest BCUT2D eigenvalue weighted by atomic mass is 35.5. The van der Waals surface area contributed by atoms with Crippen LogP contribution in [0, 0.1) is 11.6 Å². The highest BCUT2D eigenvalue weighted by Gasteiger charge is 2.13. The Hall–Kier alpha value is -1.61. The third kappa shape index (κ3) is 3.93. The average molecular weight is 283 g/mol. The van der Waals surface area contributed by atoms with Crippen molar-refractivity contribution in [3.63, 3.8) is 0 Å². The second kappa shape index (κ2) is 6.53. The van der Waals surface area contributed by atoms with E-state index >= 15 is 0 Å². The molecule has 0 bridgehead atoms. The van der Waals surface area contributed by atoms with Crippen LogP contribution < -0.4 is 4.74 Å². The van der Waals surface area contributed by atoms with E-state index in [4.69, 9.17) is 16.3 Å². The van der Waals surface area contributed by atoms with E-state index in [0.29, 0.717) is 18.1 Å². The molecule has 4 heteroatoms. The molecule has 0 amide bonds. The van der Waals surface area contributed by atoms with E-state index in [0.717, 1.165) is 5.56 Å². The smallest absolute Gasteiger partial charge is 0.125 e. The summed E-state index contributed by atoms with van der Waals surface area (Å²) in [5.74, 6) is 0.363. The maximum Gasteiger partial charge on any atom is 0.125 e. The quantitative estimate of drug-likeness (QED) is 0.722. The van der Waals surface area contributed by atoms with Gasteiger partial charge in [0.25, 0.3) is 0 Å². The highest BCUT2D eigenvalue weighted by molar-refractivity contribution is 6.17. The second-order valence-electron chi connectivity index (χ2n) is 4.09. The minimum atomic E-state index is -0.317. The van der Waals surface area contributed by atoms with Crippen molar-refractivity contribution in [2.24, 2.45) is 0 Å². The van der Waals surface area contributed by atoms with Crippen molar-refractivity contribution < 1.29 is 13.5 Å². The van der Waals surface area contributed by atoms with Crippen molar-refractivity contribution in [2.75, 3.05) is 5.88 Å². The van der Waals surface area contributed by atoms with Gasteiger partial charge in [-0.2, -0.15) is 0 Å². The lowest BCUT2D eigenvalue weighted by Crippen LogP contribution is -2.08. The Balaban J connectivity index is 2.15. The van der Waals surface area contributed by atoms with Crippen LogP contribution in [0.4, 0.5) is 8.78 Å². The highest BCUT2D eigenvalue weighted by Crippen LogP contribution is 2.25. The first kappa shape index (κ1) is 13.8. The summed E-state index contributed by atoms with van der Waals surface area (Å²) in [6, 6.07) is 11.9. The molecule has 1 atom stereocenters. The number of benzene rings is 2. The molecule has 0 aromatic heterocycles. The second-order valence-corrected chi connectivity index (χ2v) is 4.47. The van der Waals surface area contributed by atoms with Gasteiger partial charge in [-0.25, -0.2) is 8.78 Å². The van der Waals surface area contributed by atoms with Gasteiger partial charge >= 0.3 is 0 Å². The van der Waals surface area contributed by atoms with Crippen LogP contribution in [-0.2, 0) is 0 Å². The van der Waals surface area contributed by atoms with E-state index in [1.807, 2.05) is 0 Å². The first-order valence-corrected chi connectivity index (χ1v) is 6.46. The predicted molar refractivity (Wildman–Crippen MR) is 71.5 cm³/mol. The summed E-state index contributed by atoms with van der Waals surface area (Å²) in [4.78, 5) is 0. The largest absolute Gasteiger partial charge is 0.486 e. The van der Waals surface area contributed by atoms with Crippen LogP contribution in [-0.4, -0.2) is 5.88 Å². The van der Waals surface area contributed by atoms with E-state index < -0.39 is 0 Å². The third-order valence-corrected chi connectivity index (χ3v) is 2.92. The molecule has 0 aliphatic heterocycles. The summed E-state index contributed by atoms with van der Waals surface area (Å²) >= 11 is 5.75. The summed E-state index contributed by atoms with van der Waals surface area (Å²) in [5, 5.41) is 0. The standard InChI is InChI=1S/C15H13ClF2O/c16-10-9-15(11-1-3-12(17)4-2-11)19-14-7-5-13(18)6-8-14/h1-8,15H,9-10H2/t15-/m0/s1. The normalized spacial score (nSPS) is 12.2. The van der Waals surface area contributed by atoms with Crippen molar-refractivity contribution in [3.8, 4) is 5.75 Å². The van der Waals surface area contributed by atoms with Crippen LogP contribution in [0.5, 0.6) is 5.75 Å². The van der Waals surface area contributed by atoms with E-state index in [9.17, 15) is 8.78 Å². The zero-order chi connectivity index (χ0) is 13.7. The Morgan fingerprint density at radius 2 is 1.42 bits per heavy atom. The molecule has 0 saturated heterocycles. The van der Waals surface area contributed by atoms with Gasteiger partial charge < -0.3 is 4.74 Å². The number of alkyl halides is 1. The maximum atomic E-state index is 12.9. The van der Waals surface area contributed by atoms with E-state index in [1.165, 1.54) is 24.3 Å². The number of ether oxygens (including phenoxy) is 1. The minimum Gasteiger partial charge on any atom is -0.486 e. The molecule has 0 aliphatic rings. The zero-order valence-electron chi connectivity index (χ0n) is 10.2. The van der Waals surface area contributed by atoms with Gasteiger partial charge in [-0.3, -0.25) is 0 Å². The van der Waals surface area contributed by atoms with Crippen molar-refractivity contribution in [3.05, 3.63) is 65.7 Å². The summed E-state index contributed by atoms with van der Waals surface area (Å²) in [7, 11) is 0. The lowest BCUT2D eigenvalue weighted by molar-refractivity contribution is 0.202. The lowest BCUT2D eigenvalue weighted by atomic mass is 10.1. The average Bonchev–Trinajstić information content (AvgIpc) is 2.42. The fourth-order valence-corrected chi connectivity index (χ4v) is 1.95. The SMILES string of the molecule is Fc1ccc(O[C@@H](CCCl)c2ccc(F)cc2)cc1. The molecule has 0 fully saturated rings. The van der Waals surface area contributed by atoms with Crippen LogP contribution in [0.25, 0.3) is 0 Å². The lowest BCUT2D eigenvalue weighted by Gasteiger charge is -2.18. The van der Waals surface area contributed by atoms with Crippen LogP contribution >= 0.6 is 11.6 Å². The summed E-state index contributed by atoms with van der Waals surface area (Å²) in [6.07, 6.45) is 0.313. The molecule has 0 spiro atoms. The Bertz CT molecular complexity index is 511. The van der Waals surface area contributed by atoms with Crippen LogP contribution in [0.2, 0.25) is 0 Å². The van der Waals surface area contributed by atoms with Crippen LogP contribution in [0.1, 0.15) is 18.1 Å². The van der Waals surface area contributed by atoms with E-state index in [1.54, 1.807) is 24.3 Å². The summed E-state index contributed by atoms with van der Waals surface area (Å²) < 4.78 is 31.5. The summed E-state index contributed by atoms with van der Waals surface area (Å²) in [6.45, 7) is 0. The van der Waals surface area contributed by atoms with Gasteiger partial charge in [-0.15, -0.1) is 11.6 Å². The predicted octanol–water partition coefficient (Wildman–Crippen LogP) is 4.71. The molecular weight excluding hydrogens is 270 g/mol. The first-order chi connectivity index (χ1) is 9.19. The van der Waals surface area contributed by atoms with E-state index in [2.05, 4.69) is 0 Å². The molecule has 0 saturated carbocycles. The molecular formula is C15H13ClF2O. The molecule has 0 radical (unpaired) electrons. The van der Waals surface area contributed by atoms with Crippen molar-refractivity contribution in [1.29, 1.82) is 0 Å². The van der Waals surface area contributed by atoms with Crippen LogP contribution in [0.3, 0.4) is 0 Å². The Morgan fingerprint density at radius 3 is 1.95 bits per heavy atom. The third-order valence-electron chi connectivity index (χ3n) is 2.71. The molecule has 1 nitrogen and oxygen atoms in total. The van der Waals surface area contributed by atoms with Gasteiger partial charge in [0.15, 0.2) is 0 Å². The number of halogens is 3. The van der Waals surface area contributed by atoms with Crippen molar-refractivity contribution in [1.82, 2.24) is 0 Å². The molecule has 0 N–H and O–H groups in total. The molecule has 100 valence electrons. The number of rotatable bonds is 5. The molecule has 2 rings (SSSR count). The molecule has 0 aliphatic carbocycles. The topological polar surface area (TPSA) is 9.23 Å². The zero-order valence-corrected chi connectivity index (χ0v) is 10.9. The van der Waals surface area contributed by atoms with Gasteiger partial charge in [0, 0.05) is 12.3 Å². The maximum absolute atomic E-state index is 12.9. The van der Waals surface area contributed by atoms with Gasteiger partial charge in [0.2, 0.25) is 0 Å². The van der Waals surface area contributed by atoms with Gasteiger partial charge in [-0.05, 0) is 42.0 Å². The number of hydrogen-bond donors (Lipinski definition) is 0. The number of hydrogen-bond acceptors (Lipinski definition) is 1. The molecule has 2 aromatic rings. The van der Waals surface area contributed by atoms with E-state index in [-0.39, 0.29) is 17.7 Å². The van der Waals surface area contributed by atoms with Gasteiger partial charge in [-0.1, -0.05) is 12.1 Å². The minimum absolute atomic E-state index is 0.274. The summed E-state index contributed by atoms with van der Waals surface area (Å²) in [5.41, 5.74) is 0.839. The van der Waals surface area contributed by atoms with Gasteiger partial charge in [0.05, 0.1) is 0 Å². The molecule has 0 heterocycles. The monoisotopic (exact) mass is 282 g/mol. The molecule has 2 aromatic carbocycles. The Labute approximate surface area is 115 Å². The van der Waals surface area contributed by atoms with Crippen molar-refractivity contribution >= 4 is 11.6 Å².